The Kier molecular flexibility index (Phi) is 4.56. The number of nitrogens with one attached hydrogen (secondary N) is 1. The molecule has 0 aliphatic heterocycles. The Hall–Kier alpha value is -4.22. The second-order valence-electron chi connectivity index (χ2n) is 8.34. The first-order chi connectivity index (χ1) is 16.2. The van der Waals surface area contributed by atoms with Crippen molar-refractivity contribution in [2.75, 3.05) is 0 Å². The molecule has 0 radical (unpaired) electrons. The molecule has 0 saturated carbocycles. The first-order valence-corrected chi connectivity index (χ1v) is 11.0. The summed E-state index contributed by atoms with van der Waals surface area (Å²) in [5, 5.41) is 3.18. The molecule has 5 heteroatoms. The highest BCUT2D eigenvalue weighted by molar-refractivity contribution is 5.98. The Morgan fingerprint density at radius 3 is 2.33 bits per heavy atom. The van der Waals surface area contributed by atoms with Gasteiger partial charge in [0.05, 0.1) is 11.0 Å². The molecule has 33 heavy (non-hydrogen) atoms. The number of fused-ring (bicyclic) bond motifs is 3. The van der Waals surface area contributed by atoms with Gasteiger partial charge >= 0.3 is 0 Å². The van der Waals surface area contributed by atoms with Crippen LogP contribution in [0.25, 0.3) is 44.0 Å². The monoisotopic (exact) mass is 430 g/mol. The van der Waals surface area contributed by atoms with Crippen molar-refractivity contribution < 1.29 is 0 Å². The Balaban J connectivity index is 1.51. The lowest BCUT2D eigenvalue weighted by Crippen LogP contribution is -2.11. The number of hydrogen-bond donors (Lipinski definition) is 2. The fourth-order valence-corrected chi connectivity index (χ4v) is 4.50. The van der Waals surface area contributed by atoms with Crippen molar-refractivity contribution in [1.29, 1.82) is 0 Å². The lowest BCUT2D eigenvalue weighted by Gasteiger charge is -2.06. The highest BCUT2D eigenvalue weighted by Gasteiger charge is 2.16. The highest BCUT2D eigenvalue weighted by atomic mass is 16.1. The maximum atomic E-state index is 13.1. The van der Waals surface area contributed by atoms with Crippen LogP contribution in [-0.2, 0) is 13.1 Å². The number of hydrogen-bond acceptors (Lipinski definition) is 3. The van der Waals surface area contributed by atoms with Crippen LogP contribution in [0.5, 0.6) is 0 Å². The Bertz CT molecular complexity index is 1690. The Morgan fingerprint density at radius 2 is 1.55 bits per heavy atom. The van der Waals surface area contributed by atoms with Crippen molar-refractivity contribution in [3.63, 3.8) is 0 Å². The number of H-pyrrole nitrogens is 1. The number of aromatic nitrogens is 3. The summed E-state index contributed by atoms with van der Waals surface area (Å²) in [4.78, 5) is 21.0. The minimum absolute atomic E-state index is 0.187. The molecule has 5 nitrogen and oxygen atoms in total. The van der Waals surface area contributed by atoms with Gasteiger partial charge in [-0.25, -0.2) is 4.98 Å². The molecule has 0 unspecified atom stereocenters. The van der Waals surface area contributed by atoms with Crippen LogP contribution in [0, 0.1) is 0 Å². The van der Waals surface area contributed by atoms with E-state index in [4.69, 9.17) is 10.7 Å². The third kappa shape index (κ3) is 3.39. The van der Waals surface area contributed by atoms with Crippen LogP contribution in [0.1, 0.15) is 11.1 Å². The molecule has 160 valence electrons. The minimum atomic E-state index is -0.187. The smallest absolute Gasteiger partial charge is 0.275 e. The van der Waals surface area contributed by atoms with Gasteiger partial charge in [-0.3, -0.25) is 4.79 Å². The highest BCUT2D eigenvalue weighted by Crippen LogP contribution is 2.30. The van der Waals surface area contributed by atoms with Gasteiger partial charge in [0.15, 0.2) is 0 Å². The summed E-state index contributed by atoms with van der Waals surface area (Å²) in [6.07, 6.45) is 2.03. The van der Waals surface area contributed by atoms with Crippen molar-refractivity contribution in [3.8, 4) is 11.3 Å². The summed E-state index contributed by atoms with van der Waals surface area (Å²) in [5.41, 5.74) is 11.7. The number of nitrogens with zero attached hydrogens (tertiary/aromatic N) is 2. The van der Waals surface area contributed by atoms with Gasteiger partial charge in [0.25, 0.3) is 5.56 Å². The van der Waals surface area contributed by atoms with Crippen LogP contribution in [0.3, 0.4) is 0 Å². The molecule has 0 spiro atoms. The average Bonchev–Trinajstić information content (AvgIpc) is 3.21. The van der Waals surface area contributed by atoms with E-state index in [1.807, 2.05) is 54.7 Å². The quantitative estimate of drug-likeness (QED) is 0.377. The van der Waals surface area contributed by atoms with E-state index in [1.54, 1.807) is 0 Å². The van der Waals surface area contributed by atoms with Gasteiger partial charge in [0.2, 0.25) is 0 Å². The molecule has 0 bridgehead atoms. The molecule has 4 aromatic carbocycles. The van der Waals surface area contributed by atoms with Crippen LogP contribution in [0.4, 0.5) is 0 Å². The molecular weight excluding hydrogens is 408 g/mol. The number of para-hydroxylation sites is 1. The SMILES string of the molecule is NCc1ccc(Cn2cc(-c3nc4cc5ccccc5cc4[nH]c3=O)c3ccccc32)cc1. The molecule has 6 rings (SSSR count). The van der Waals surface area contributed by atoms with Gasteiger partial charge in [0, 0.05) is 35.8 Å². The minimum Gasteiger partial charge on any atom is -0.342 e. The predicted octanol–water partition coefficient (Wildman–Crippen LogP) is 5.21. The van der Waals surface area contributed by atoms with Crippen molar-refractivity contribution in [2.45, 2.75) is 13.1 Å². The van der Waals surface area contributed by atoms with E-state index in [-0.39, 0.29) is 5.56 Å². The Labute approximate surface area is 190 Å². The van der Waals surface area contributed by atoms with Crippen LogP contribution < -0.4 is 11.3 Å². The second kappa shape index (κ2) is 7.73. The zero-order valence-electron chi connectivity index (χ0n) is 18.0. The maximum absolute atomic E-state index is 13.1. The number of benzene rings is 4. The van der Waals surface area contributed by atoms with Crippen molar-refractivity contribution in [2.24, 2.45) is 5.73 Å². The van der Waals surface area contributed by atoms with Gasteiger partial charge in [-0.2, -0.15) is 0 Å². The van der Waals surface area contributed by atoms with Crippen molar-refractivity contribution in [1.82, 2.24) is 14.5 Å². The molecule has 0 aliphatic carbocycles. The number of nitrogens with two attached hydrogens (primary N) is 1. The Morgan fingerprint density at radius 1 is 0.848 bits per heavy atom. The van der Waals surface area contributed by atoms with Crippen LogP contribution in [-0.4, -0.2) is 14.5 Å². The number of aromatic amines is 1. The first-order valence-electron chi connectivity index (χ1n) is 11.0. The van der Waals surface area contributed by atoms with Crippen molar-refractivity contribution >= 4 is 32.7 Å². The molecule has 0 saturated heterocycles. The summed E-state index contributed by atoms with van der Waals surface area (Å²) in [5.74, 6) is 0. The van der Waals surface area contributed by atoms with Crippen molar-refractivity contribution in [3.05, 3.63) is 113 Å². The molecule has 2 heterocycles. The molecular formula is C28H22N4O. The van der Waals surface area contributed by atoms with E-state index >= 15 is 0 Å². The first kappa shape index (κ1) is 19.5. The van der Waals surface area contributed by atoms with E-state index in [9.17, 15) is 4.79 Å². The molecule has 0 amide bonds. The molecule has 2 aromatic heterocycles. The fourth-order valence-electron chi connectivity index (χ4n) is 4.50. The third-order valence-corrected chi connectivity index (χ3v) is 6.21. The fraction of sp³-hybridized carbons (Fsp3) is 0.0714. The summed E-state index contributed by atoms with van der Waals surface area (Å²) < 4.78 is 2.17. The molecule has 0 atom stereocenters. The van der Waals surface area contributed by atoms with Gasteiger partial charge in [-0.05, 0) is 40.1 Å². The van der Waals surface area contributed by atoms with E-state index in [1.165, 1.54) is 5.56 Å². The third-order valence-electron chi connectivity index (χ3n) is 6.21. The lowest BCUT2D eigenvalue weighted by molar-refractivity contribution is 0.836. The standard InChI is InChI=1S/C28H22N4O/c29-15-18-9-11-19(12-10-18)16-32-17-23(22-7-3-4-8-26(22)32)27-28(33)31-25-14-21-6-2-1-5-20(21)13-24(25)30-27/h1-14,17H,15-16,29H2,(H,31,33). The molecule has 0 aliphatic rings. The van der Waals surface area contributed by atoms with Gasteiger partial charge in [-0.15, -0.1) is 0 Å². The van der Waals surface area contributed by atoms with Gasteiger partial charge < -0.3 is 15.3 Å². The van der Waals surface area contributed by atoms with Crippen LogP contribution >= 0.6 is 0 Å². The number of rotatable bonds is 4. The van der Waals surface area contributed by atoms with E-state index in [0.717, 1.165) is 43.8 Å². The summed E-state index contributed by atoms with van der Waals surface area (Å²) in [6, 6.07) is 28.6. The van der Waals surface area contributed by atoms with E-state index in [0.29, 0.717) is 18.8 Å². The summed E-state index contributed by atoms with van der Waals surface area (Å²) >= 11 is 0. The van der Waals surface area contributed by atoms with Crippen LogP contribution in [0.15, 0.2) is 95.9 Å². The summed E-state index contributed by atoms with van der Waals surface area (Å²) in [6.45, 7) is 1.23. The normalized spacial score (nSPS) is 11.5. The van der Waals surface area contributed by atoms with E-state index < -0.39 is 0 Å². The van der Waals surface area contributed by atoms with Gasteiger partial charge in [0.1, 0.15) is 5.69 Å². The van der Waals surface area contributed by atoms with E-state index in [2.05, 4.69) is 45.9 Å². The topological polar surface area (TPSA) is 76.7 Å². The largest absolute Gasteiger partial charge is 0.342 e. The molecule has 0 fully saturated rings. The second-order valence-corrected chi connectivity index (χ2v) is 8.34. The summed E-state index contributed by atoms with van der Waals surface area (Å²) in [7, 11) is 0. The zero-order valence-corrected chi connectivity index (χ0v) is 18.0. The maximum Gasteiger partial charge on any atom is 0.275 e. The molecule has 6 aromatic rings. The molecule has 3 N–H and O–H groups in total. The van der Waals surface area contributed by atoms with Crippen LogP contribution in [0.2, 0.25) is 0 Å². The average molecular weight is 431 g/mol. The lowest BCUT2D eigenvalue weighted by atomic mass is 10.1. The zero-order chi connectivity index (χ0) is 22.4. The predicted molar refractivity (Wildman–Crippen MR) is 134 cm³/mol. The van der Waals surface area contributed by atoms with Gasteiger partial charge in [-0.1, -0.05) is 66.7 Å².